The number of ether oxygens (including phenoxy) is 3. The fraction of sp³-hybridized carbons (Fsp3) is 0.211. The molecule has 2 aliphatic heterocycles. The van der Waals surface area contributed by atoms with Crippen LogP contribution in [0.1, 0.15) is 16.7 Å². The number of fused-ring (bicyclic) bond motifs is 2. The van der Waals surface area contributed by atoms with Crippen LogP contribution in [0, 0.1) is 0 Å². The molecule has 0 saturated heterocycles. The second kappa shape index (κ2) is 5.80. The SMILES string of the molecule is C=Cc1ccccc1/C=N\[C@@H]1COc2cc3c(cc2C1)OCO3. The van der Waals surface area contributed by atoms with Gasteiger partial charge >= 0.3 is 0 Å². The fourth-order valence-electron chi connectivity index (χ4n) is 2.85. The minimum Gasteiger partial charge on any atom is -0.491 e. The van der Waals surface area contributed by atoms with Gasteiger partial charge in [0.05, 0.1) is 6.04 Å². The number of hydrogen-bond donors (Lipinski definition) is 0. The van der Waals surface area contributed by atoms with E-state index in [4.69, 9.17) is 14.2 Å². The van der Waals surface area contributed by atoms with Gasteiger partial charge in [-0.05, 0) is 17.2 Å². The molecule has 2 aromatic rings. The van der Waals surface area contributed by atoms with Crippen molar-refractivity contribution < 1.29 is 14.2 Å². The third kappa shape index (κ3) is 2.68. The number of nitrogens with zero attached hydrogens (tertiary/aromatic N) is 1. The van der Waals surface area contributed by atoms with E-state index < -0.39 is 0 Å². The molecular weight excluding hydrogens is 290 g/mol. The summed E-state index contributed by atoms with van der Waals surface area (Å²) in [6, 6.07) is 12.1. The summed E-state index contributed by atoms with van der Waals surface area (Å²) in [6.45, 7) is 4.68. The Morgan fingerprint density at radius 1 is 1.00 bits per heavy atom. The van der Waals surface area contributed by atoms with E-state index >= 15 is 0 Å². The summed E-state index contributed by atoms with van der Waals surface area (Å²) >= 11 is 0. The van der Waals surface area contributed by atoms with E-state index in [1.165, 1.54) is 0 Å². The number of hydrogen-bond acceptors (Lipinski definition) is 4. The van der Waals surface area contributed by atoms with E-state index in [0.717, 1.165) is 40.4 Å². The molecule has 2 aromatic carbocycles. The van der Waals surface area contributed by atoms with E-state index in [2.05, 4.69) is 11.6 Å². The molecule has 0 radical (unpaired) electrons. The highest BCUT2D eigenvalue weighted by Gasteiger charge is 2.24. The van der Waals surface area contributed by atoms with Crippen molar-refractivity contribution in [3.05, 3.63) is 59.7 Å². The highest BCUT2D eigenvalue weighted by Crippen LogP contribution is 2.40. The maximum absolute atomic E-state index is 5.84. The Balaban J connectivity index is 1.54. The lowest BCUT2D eigenvalue weighted by Gasteiger charge is -2.23. The minimum atomic E-state index is 0.0979. The van der Waals surface area contributed by atoms with Crippen LogP contribution in [0.3, 0.4) is 0 Å². The molecule has 0 fully saturated rings. The smallest absolute Gasteiger partial charge is 0.231 e. The molecule has 1 atom stereocenters. The Labute approximate surface area is 135 Å². The quantitative estimate of drug-likeness (QED) is 0.815. The van der Waals surface area contributed by atoms with Crippen molar-refractivity contribution in [1.82, 2.24) is 0 Å². The van der Waals surface area contributed by atoms with Crippen LogP contribution in [0.15, 0.2) is 48.0 Å². The molecule has 4 rings (SSSR count). The van der Waals surface area contributed by atoms with Crippen LogP contribution in [0.2, 0.25) is 0 Å². The minimum absolute atomic E-state index is 0.0979. The van der Waals surface area contributed by atoms with Crippen molar-refractivity contribution in [2.45, 2.75) is 12.5 Å². The van der Waals surface area contributed by atoms with Crippen LogP contribution in [-0.2, 0) is 6.42 Å². The third-order valence-electron chi connectivity index (χ3n) is 4.08. The maximum Gasteiger partial charge on any atom is 0.231 e. The van der Waals surface area contributed by atoms with Gasteiger partial charge in [-0.1, -0.05) is 36.9 Å². The van der Waals surface area contributed by atoms with Crippen LogP contribution in [-0.4, -0.2) is 25.7 Å². The second-order valence-electron chi connectivity index (χ2n) is 5.59. The van der Waals surface area contributed by atoms with Crippen molar-refractivity contribution in [3.8, 4) is 17.2 Å². The van der Waals surface area contributed by atoms with E-state index in [0.29, 0.717) is 6.61 Å². The van der Waals surface area contributed by atoms with Crippen LogP contribution in [0.5, 0.6) is 17.2 Å². The molecule has 2 aliphatic rings. The highest BCUT2D eigenvalue weighted by molar-refractivity contribution is 5.85. The molecule has 0 unspecified atom stereocenters. The van der Waals surface area contributed by atoms with Crippen LogP contribution in [0.25, 0.3) is 6.08 Å². The Morgan fingerprint density at radius 3 is 2.61 bits per heavy atom. The van der Waals surface area contributed by atoms with E-state index in [-0.39, 0.29) is 12.8 Å². The fourth-order valence-corrected chi connectivity index (χ4v) is 2.85. The molecule has 0 N–H and O–H groups in total. The monoisotopic (exact) mass is 307 g/mol. The average Bonchev–Trinajstić information content (AvgIpc) is 3.05. The Kier molecular flexibility index (Phi) is 3.50. The molecule has 0 aromatic heterocycles. The topological polar surface area (TPSA) is 40.0 Å². The molecule has 2 heterocycles. The number of rotatable bonds is 3. The van der Waals surface area contributed by atoms with Crippen LogP contribution >= 0.6 is 0 Å². The Hall–Kier alpha value is -2.75. The lowest BCUT2D eigenvalue weighted by molar-refractivity contribution is 0.174. The largest absolute Gasteiger partial charge is 0.491 e. The zero-order valence-corrected chi connectivity index (χ0v) is 12.7. The molecule has 0 amide bonds. The summed E-state index contributed by atoms with van der Waals surface area (Å²) in [7, 11) is 0. The van der Waals surface area contributed by atoms with Gasteiger partial charge in [0.1, 0.15) is 12.4 Å². The van der Waals surface area contributed by atoms with Gasteiger partial charge in [-0.3, -0.25) is 4.99 Å². The lowest BCUT2D eigenvalue weighted by atomic mass is 10.0. The average molecular weight is 307 g/mol. The molecular formula is C19H17NO3. The normalized spacial score (nSPS) is 18.5. The van der Waals surface area contributed by atoms with Crippen molar-refractivity contribution in [3.63, 3.8) is 0 Å². The first-order valence-corrected chi connectivity index (χ1v) is 7.63. The van der Waals surface area contributed by atoms with Gasteiger partial charge in [-0.15, -0.1) is 0 Å². The first-order chi connectivity index (χ1) is 11.3. The molecule has 0 spiro atoms. The Bertz CT molecular complexity index is 782. The van der Waals surface area contributed by atoms with E-state index in [1.54, 1.807) is 0 Å². The summed E-state index contributed by atoms with van der Waals surface area (Å²) < 4.78 is 16.6. The standard InChI is InChI=1S/C19H17NO3/c1-2-13-5-3-4-6-14(13)10-20-16-7-15-8-18-19(23-12-22-18)9-17(15)21-11-16/h2-6,8-10,16H,1,7,11-12H2/b20-10-/t16-/m0/s1. The van der Waals surface area contributed by atoms with Gasteiger partial charge in [0.15, 0.2) is 11.5 Å². The molecule has 4 heteroatoms. The van der Waals surface area contributed by atoms with E-state index in [1.807, 2.05) is 48.7 Å². The molecule has 0 aliphatic carbocycles. The first-order valence-electron chi connectivity index (χ1n) is 7.63. The molecule has 23 heavy (non-hydrogen) atoms. The van der Waals surface area contributed by atoms with Gasteiger partial charge in [0.25, 0.3) is 0 Å². The zero-order valence-electron chi connectivity index (χ0n) is 12.7. The van der Waals surface area contributed by atoms with Crippen LogP contribution < -0.4 is 14.2 Å². The summed E-state index contributed by atoms with van der Waals surface area (Å²) in [5.41, 5.74) is 3.26. The Morgan fingerprint density at radius 2 is 1.78 bits per heavy atom. The van der Waals surface area contributed by atoms with Crippen molar-refractivity contribution in [2.75, 3.05) is 13.4 Å². The predicted molar refractivity (Wildman–Crippen MR) is 89.7 cm³/mol. The zero-order chi connectivity index (χ0) is 15.6. The number of aliphatic imine (C=N–C) groups is 1. The van der Waals surface area contributed by atoms with Crippen molar-refractivity contribution >= 4 is 12.3 Å². The molecule has 116 valence electrons. The van der Waals surface area contributed by atoms with Gasteiger partial charge < -0.3 is 14.2 Å². The summed E-state index contributed by atoms with van der Waals surface area (Å²) in [4.78, 5) is 4.68. The van der Waals surface area contributed by atoms with Crippen LogP contribution in [0.4, 0.5) is 0 Å². The van der Waals surface area contributed by atoms with Crippen molar-refractivity contribution in [2.24, 2.45) is 4.99 Å². The van der Waals surface area contributed by atoms with E-state index in [9.17, 15) is 0 Å². The summed E-state index contributed by atoms with van der Waals surface area (Å²) in [6.07, 6.45) is 4.58. The van der Waals surface area contributed by atoms with Gasteiger partial charge in [-0.25, -0.2) is 0 Å². The summed E-state index contributed by atoms with van der Waals surface area (Å²) in [5.74, 6) is 2.41. The van der Waals surface area contributed by atoms with Gasteiger partial charge in [0.2, 0.25) is 6.79 Å². The molecule has 0 bridgehead atoms. The number of benzene rings is 2. The lowest BCUT2D eigenvalue weighted by Crippen LogP contribution is -2.24. The van der Waals surface area contributed by atoms with Gasteiger partial charge in [0, 0.05) is 24.3 Å². The highest BCUT2D eigenvalue weighted by atomic mass is 16.7. The molecule has 0 saturated carbocycles. The first kappa shape index (κ1) is 13.9. The third-order valence-corrected chi connectivity index (χ3v) is 4.08. The maximum atomic E-state index is 5.84. The summed E-state index contributed by atoms with van der Waals surface area (Å²) in [5, 5.41) is 0. The van der Waals surface area contributed by atoms with Gasteiger partial charge in [-0.2, -0.15) is 0 Å². The second-order valence-corrected chi connectivity index (χ2v) is 5.59. The molecule has 4 nitrogen and oxygen atoms in total. The predicted octanol–water partition coefficient (Wildman–Crippen LogP) is 3.48. The van der Waals surface area contributed by atoms with Crippen molar-refractivity contribution in [1.29, 1.82) is 0 Å².